The van der Waals surface area contributed by atoms with Crippen LogP contribution in [-0.4, -0.2) is 28.2 Å². The summed E-state index contributed by atoms with van der Waals surface area (Å²) in [4.78, 5) is 16.0. The number of methoxy groups -OCH3 is 1. The van der Waals surface area contributed by atoms with Crippen molar-refractivity contribution >= 4 is 11.9 Å². The number of amides is 1. The summed E-state index contributed by atoms with van der Waals surface area (Å²) in [5.74, 6) is 1.25. The maximum Gasteiger partial charge on any atom is 0.336 e. The van der Waals surface area contributed by atoms with E-state index in [1.54, 1.807) is 6.92 Å². The molecule has 7 nitrogen and oxygen atoms in total. The molecule has 0 spiro atoms. The van der Waals surface area contributed by atoms with Crippen molar-refractivity contribution in [1.29, 1.82) is 0 Å². The van der Waals surface area contributed by atoms with E-state index in [4.69, 9.17) is 9.15 Å². The Bertz CT molecular complexity index is 585. The Morgan fingerprint density at radius 2 is 2.06 bits per heavy atom. The smallest absolute Gasteiger partial charge is 0.336 e. The number of nitrogens with zero attached hydrogens (tertiary/aromatic N) is 2. The minimum Gasteiger partial charge on any atom is -0.466 e. The first-order valence-corrected chi connectivity index (χ1v) is 5.37. The number of aromatic nitrogens is 3. The van der Waals surface area contributed by atoms with Gasteiger partial charge in [0, 0.05) is 5.56 Å². The number of hydrogen-bond acceptors (Lipinski definition) is 5. The highest BCUT2D eigenvalue weighted by molar-refractivity contribution is 6.05. The third-order valence-corrected chi connectivity index (χ3v) is 2.67. The summed E-state index contributed by atoms with van der Waals surface area (Å²) >= 11 is 0. The van der Waals surface area contributed by atoms with Crippen LogP contribution >= 0.6 is 0 Å². The molecule has 2 heterocycles. The summed E-state index contributed by atoms with van der Waals surface area (Å²) in [7, 11) is 1.45. The van der Waals surface area contributed by atoms with Gasteiger partial charge in [0.2, 0.25) is 5.95 Å². The zero-order valence-electron chi connectivity index (χ0n) is 10.6. The van der Waals surface area contributed by atoms with Crippen LogP contribution in [0.1, 0.15) is 27.4 Å². The molecule has 18 heavy (non-hydrogen) atoms. The van der Waals surface area contributed by atoms with Gasteiger partial charge in [0.15, 0.2) is 0 Å². The number of ether oxygens (including phenoxy) is 1. The molecule has 0 aliphatic heterocycles. The van der Waals surface area contributed by atoms with Crippen molar-refractivity contribution in [2.45, 2.75) is 20.8 Å². The Balaban J connectivity index is 2.21. The first-order chi connectivity index (χ1) is 8.52. The third kappa shape index (κ3) is 2.06. The molecule has 1 amide bonds. The van der Waals surface area contributed by atoms with Crippen molar-refractivity contribution in [2.75, 3.05) is 12.4 Å². The van der Waals surface area contributed by atoms with Crippen molar-refractivity contribution < 1.29 is 13.9 Å². The summed E-state index contributed by atoms with van der Waals surface area (Å²) < 4.78 is 10.2. The molecule has 2 rings (SSSR count). The summed E-state index contributed by atoms with van der Waals surface area (Å²) in [6.45, 7) is 5.40. The van der Waals surface area contributed by atoms with E-state index < -0.39 is 0 Å². The molecule has 2 N–H and O–H groups in total. The van der Waals surface area contributed by atoms with E-state index >= 15 is 0 Å². The van der Waals surface area contributed by atoms with Crippen molar-refractivity contribution in [3.8, 4) is 6.01 Å². The van der Waals surface area contributed by atoms with Crippen molar-refractivity contribution in [3.63, 3.8) is 0 Å². The van der Waals surface area contributed by atoms with Crippen LogP contribution in [0.4, 0.5) is 5.95 Å². The van der Waals surface area contributed by atoms with Crippen LogP contribution < -0.4 is 10.1 Å². The fraction of sp³-hybridized carbons (Fsp3) is 0.364. The number of nitrogens with one attached hydrogen (secondary N) is 2. The van der Waals surface area contributed by atoms with Crippen LogP contribution in [-0.2, 0) is 0 Å². The van der Waals surface area contributed by atoms with Crippen molar-refractivity contribution in [2.24, 2.45) is 0 Å². The lowest BCUT2D eigenvalue weighted by Crippen LogP contribution is -2.14. The summed E-state index contributed by atoms with van der Waals surface area (Å²) in [5.41, 5.74) is 1.33. The summed E-state index contributed by atoms with van der Waals surface area (Å²) in [6, 6.07) is 0.169. The number of rotatable bonds is 3. The number of hydrogen-bond donors (Lipinski definition) is 2. The normalized spacial score (nSPS) is 10.4. The van der Waals surface area contributed by atoms with Crippen LogP contribution in [0.5, 0.6) is 6.01 Å². The van der Waals surface area contributed by atoms with Gasteiger partial charge in [-0.2, -0.15) is 4.98 Å². The zero-order valence-corrected chi connectivity index (χ0v) is 10.6. The van der Waals surface area contributed by atoms with Crippen LogP contribution in [0.25, 0.3) is 0 Å². The predicted molar refractivity (Wildman–Crippen MR) is 63.8 cm³/mol. The topological polar surface area (TPSA) is 93.0 Å². The Morgan fingerprint density at radius 3 is 2.56 bits per heavy atom. The lowest BCUT2D eigenvalue weighted by Gasteiger charge is -2.00. The van der Waals surface area contributed by atoms with Crippen LogP contribution in [0.2, 0.25) is 0 Å². The van der Waals surface area contributed by atoms with Gasteiger partial charge in [-0.1, -0.05) is 0 Å². The standard InChI is InChI=1S/C11H14N4O3/c1-5-6(2)18-7(3)8(5)9(16)12-10-13-11(17-4)15-14-10/h1-4H3,(H2,12,13,14,15,16). The monoisotopic (exact) mass is 250 g/mol. The number of carbonyl (C=O) groups excluding carboxylic acids is 1. The molecule has 2 aromatic heterocycles. The molecule has 0 fully saturated rings. The second-order valence-corrected chi connectivity index (χ2v) is 3.84. The number of aromatic amines is 1. The second-order valence-electron chi connectivity index (χ2n) is 3.84. The van der Waals surface area contributed by atoms with Gasteiger partial charge in [0.05, 0.1) is 12.7 Å². The highest BCUT2D eigenvalue weighted by Crippen LogP contribution is 2.21. The SMILES string of the molecule is COc1n[nH]c(NC(=O)c2c(C)oc(C)c2C)n1. The molecular weight excluding hydrogens is 236 g/mol. The quantitative estimate of drug-likeness (QED) is 0.862. The van der Waals surface area contributed by atoms with Gasteiger partial charge in [0.1, 0.15) is 11.5 Å². The van der Waals surface area contributed by atoms with E-state index in [2.05, 4.69) is 20.5 Å². The second kappa shape index (κ2) is 4.52. The first-order valence-electron chi connectivity index (χ1n) is 5.37. The highest BCUT2D eigenvalue weighted by atomic mass is 16.5. The zero-order chi connectivity index (χ0) is 13.3. The van der Waals surface area contributed by atoms with Crippen LogP contribution in [0, 0.1) is 20.8 Å². The van der Waals surface area contributed by atoms with Crippen LogP contribution in [0.3, 0.4) is 0 Å². The number of carbonyl (C=O) groups is 1. The lowest BCUT2D eigenvalue weighted by atomic mass is 10.1. The van der Waals surface area contributed by atoms with Gasteiger partial charge in [-0.25, -0.2) is 5.10 Å². The van der Waals surface area contributed by atoms with E-state index in [1.807, 2.05) is 13.8 Å². The maximum absolute atomic E-state index is 12.1. The van der Waals surface area contributed by atoms with E-state index in [9.17, 15) is 4.79 Å². The van der Waals surface area contributed by atoms with Gasteiger partial charge in [-0.05, 0) is 20.8 Å². The molecule has 0 saturated carbocycles. The first kappa shape index (κ1) is 12.2. The Morgan fingerprint density at radius 1 is 1.33 bits per heavy atom. The van der Waals surface area contributed by atoms with Crippen molar-refractivity contribution in [3.05, 3.63) is 22.6 Å². The average molecular weight is 250 g/mol. The molecule has 0 unspecified atom stereocenters. The van der Waals surface area contributed by atoms with E-state index in [1.165, 1.54) is 7.11 Å². The summed E-state index contributed by atoms with van der Waals surface area (Å²) in [5, 5.41) is 8.89. The molecule has 0 aromatic carbocycles. The predicted octanol–water partition coefficient (Wildman–Crippen LogP) is 1.58. The molecule has 0 atom stereocenters. The Kier molecular flexibility index (Phi) is 3.05. The van der Waals surface area contributed by atoms with Crippen LogP contribution in [0.15, 0.2) is 4.42 Å². The van der Waals surface area contributed by atoms with Gasteiger partial charge in [-0.3, -0.25) is 10.1 Å². The van der Waals surface area contributed by atoms with Gasteiger partial charge in [0.25, 0.3) is 5.91 Å². The van der Waals surface area contributed by atoms with Gasteiger partial charge < -0.3 is 9.15 Å². The molecule has 96 valence electrons. The van der Waals surface area contributed by atoms with Crippen molar-refractivity contribution in [1.82, 2.24) is 15.2 Å². The molecule has 0 saturated heterocycles. The highest BCUT2D eigenvalue weighted by Gasteiger charge is 2.19. The fourth-order valence-corrected chi connectivity index (χ4v) is 1.69. The Labute approximate surface area is 104 Å². The molecular formula is C11H14N4O3. The molecule has 0 aliphatic carbocycles. The number of anilines is 1. The molecule has 0 bridgehead atoms. The van der Waals surface area contributed by atoms with E-state index in [0.29, 0.717) is 11.3 Å². The minimum absolute atomic E-state index is 0.169. The number of furan rings is 1. The fourth-order valence-electron chi connectivity index (χ4n) is 1.69. The molecule has 0 radical (unpaired) electrons. The molecule has 2 aromatic rings. The number of H-pyrrole nitrogens is 1. The average Bonchev–Trinajstić information content (AvgIpc) is 2.85. The lowest BCUT2D eigenvalue weighted by molar-refractivity contribution is 0.102. The molecule has 7 heteroatoms. The van der Waals surface area contributed by atoms with E-state index in [0.717, 1.165) is 11.3 Å². The maximum atomic E-state index is 12.1. The summed E-state index contributed by atoms with van der Waals surface area (Å²) in [6.07, 6.45) is 0. The third-order valence-electron chi connectivity index (χ3n) is 2.67. The van der Waals surface area contributed by atoms with Gasteiger partial charge in [-0.15, -0.1) is 5.10 Å². The Hall–Kier alpha value is -2.31. The largest absolute Gasteiger partial charge is 0.466 e. The van der Waals surface area contributed by atoms with Gasteiger partial charge >= 0.3 is 6.01 Å². The van der Waals surface area contributed by atoms with E-state index in [-0.39, 0.29) is 17.9 Å². The minimum atomic E-state index is -0.291. The molecule has 0 aliphatic rings. The number of aryl methyl sites for hydroxylation is 2.